The zero-order valence-corrected chi connectivity index (χ0v) is 12.5. The van der Waals surface area contributed by atoms with Gasteiger partial charge in [0, 0.05) is 6.42 Å². The number of nitrogens with one attached hydrogen (secondary N) is 1. The number of ether oxygens (including phenoxy) is 1. The van der Waals surface area contributed by atoms with E-state index in [-0.39, 0.29) is 6.10 Å². The minimum atomic E-state index is -0.809. The van der Waals surface area contributed by atoms with Gasteiger partial charge in [-0.25, -0.2) is 0 Å². The van der Waals surface area contributed by atoms with Crippen molar-refractivity contribution in [1.29, 1.82) is 0 Å². The van der Waals surface area contributed by atoms with E-state index >= 15 is 0 Å². The van der Waals surface area contributed by atoms with Gasteiger partial charge in [-0.15, -0.1) is 0 Å². The molecule has 1 aromatic rings. The van der Waals surface area contributed by atoms with Crippen molar-refractivity contribution in [1.82, 2.24) is 5.32 Å². The van der Waals surface area contributed by atoms with E-state index < -0.39 is 11.5 Å². The third-order valence-electron chi connectivity index (χ3n) is 4.77. The Kier molecular flexibility index (Phi) is 3.89. The molecule has 0 spiro atoms. The zero-order valence-electron chi connectivity index (χ0n) is 12.5. The smallest absolute Gasteiger partial charge is 0.324 e. The summed E-state index contributed by atoms with van der Waals surface area (Å²) in [5, 5.41) is 12.6. The number of carboxylic acids is 1. The van der Waals surface area contributed by atoms with Gasteiger partial charge in [-0.05, 0) is 61.9 Å². The topological polar surface area (TPSA) is 58.6 Å². The SMILES string of the molecule is CCNC1(C(=O)O)CCC(Oc2ccc3c(c2)CCC3)C1. The van der Waals surface area contributed by atoms with Crippen LogP contribution in [0.4, 0.5) is 0 Å². The molecule has 0 amide bonds. The van der Waals surface area contributed by atoms with E-state index in [1.807, 2.05) is 13.0 Å². The Morgan fingerprint density at radius 1 is 1.43 bits per heavy atom. The lowest BCUT2D eigenvalue weighted by molar-refractivity contribution is -0.144. The average Bonchev–Trinajstić information content (AvgIpc) is 3.06. The number of carbonyl (C=O) groups is 1. The van der Waals surface area contributed by atoms with Gasteiger partial charge < -0.3 is 15.2 Å². The van der Waals surface area contributed by atoms with Crippen molar-refractivity contribution in [3.8, 4) is 5.75 Å². The van der Waals surface area contributed by atoms with Crippen molar-refractivity contribution >= 4 is 5.97 Å². The van der Waals surface area contributed by atoms with Crippen LogP contribution in [-0.2, 0) is 17.6 Å². The minimum absolute atomic E-state index is 0.0143. The number of hydrogen-bond acceptors (Lipinski definition) is 3. The lowest BCUT2D eigenvalue weighted by Gasteiger charge is -2.25. The van der Waals surface area contributed by atoms with Gasteiger partial charge in [0.25, 0.3) is 0 Å². The van der Waals surface area contributed by atoms with E-state index in [4.69, 9.17) is 4.74 Å². The highest BCUT2D eigenvalue weighted by atomic mass is 16.5. The van der Waals surface area contributed by atoms with E-state index in [9.17, 15) is 9.90 Å². The molecule has 114 valence electrons. The molecule has 0 saturated heterocycles. The summed E-state index contributed by atoms with van der Waals surface area (Å²) >= 11 is 0. The number of fused-ring (bicyclic) bond motifs is 1. The number of carboxylic acid groups (broad SMARTS) is 1. The van der Waals surface area contributed by atoms with Gasteiger partial charge in [0.15, 0.2) is 0 Å². The van der Waals surface area contributed by atoms with Gasteiger partial charge in [-0.2, -0.15) is 0 Å². The molecule has 3 rings (SSSR count). The summed E-state index contributed by atoms with van der Waals surface area (Å²) in [6.45, 7) is 2.61. The maximum absolute atomic E-state index is 11.5. The summed E-state index contributed by atoms with van der Waals surface area (Å²) in [6, 6.07) is 6.32. The molecule has 1 saturated carbocycles. The second kappa shape index (κ2) is 5.68. The Bertz CT molecular complexity index is 543. The van der Waals surface area contributed by atoms with Gasteiger partial charge in [-0.1, -0.05) is 13.0 Å². The second-order valence-electron chi connectivity index (χ2n) is 6.18. The molecule has 2 aliphatic rings. The van der Waals surface area contributed by atoms with E-state index in [1.165, 1.54) is 24.0 Å². The van der Waals surface area contributed by atoms with Crippen molar-refractivity contribution in [2.45, 2.75) is 57.1 Å². The summed E-state index contributed by atoms with van der Waals surface area (Å²) in [6.07, 6.45) is 5.47. The number of rotatable bonds is 5. The third kappa shape index (κ3) is 2.77. The standard InChI is InChI=1S/C17H23NO3/c1-2-18-17(16(19)20)9-8-15(11-17)21-14-7-6-12-4-3-5-13(12)10-14/h6-7,10,15,18H,2-5,8-9,11H2,1H3,(H,19,20). The molecule has 2 unspecified atom stereocenters. The lowest BCUT2D eigenvalue weighted by atomic mass is 9.98. The molecule has 0 radical (unpaired) electrons. The van der Waals surface area contributed by atoms with E-state index in [0.717, 1.165) is 18.6 Å². The first kappa shape index (κ1) is 14.4. The largest absolute Gasteiger partial charge is 0.490 e. The minimum Gasteiger partial charge on any atom is -0.490 e. The normalized spacial score (nSPS) is 27.6. The molecule has 1 fully saturated rings. The molecule has 2 atom stereocenters. The van der Waals surface area contributed by atoms with Crippen LogP contribution < -0.4 is 10.1 Å². The Hall–Kier alpha value is -1.55. The van der Waals surface area contributed by atoms with Crippen molar-refractivity contribution in [3.63, 3.8) is 0 Å². The fourth-order valence-corrected chi connectivity index (χ4v) is 3.68. The van der Waals surface area contributed by atoms with E-state index in [2.05, 4.69) is 17.4 Å². The van der Waals surface area contributed by atoms with Crippen molar-refractivity contribution in [2.75, 3.05) is 6.54 Å². The molecule has 0 bridgehead atoms. The number of likely N-dealkylation sites (N-methyl/N-ethyl adjacent to an activating group) is 1. The van der Waals surface area contributed by atoms with Crippen molar-refractivity contribution in [2.24, 2.45) is 0 Å². The predicted molar refractivity (Wildman–Crippen MR) is 80.8 cm³/mol. The van der Waals surface area contributed by atoms with E-state index in [1.54, 1.807) is 0 Å². The maximum atomic E-state index is 11.5. The monoisotopic (exact) mass is 289 g/mol. The van der Waals surface area contributed by atoms with Crippen LogP contribution >= 0.6 is 0 Å². The maximum Gasteiger partial charge on any atom is 0.324 e. The molecule has 0 aliphatic heterocycles. The molecular formula is C17H23NO3. The fourth-order valence-electron chi connectivity index (χ4n) is 3.68. The predicted octanol–water partition coefficient (Wildman–Crippen LogP) is 2.54. The zero-order chi connectivity index (χ0) is 14.9. The quantitative estimate of drug-likeness (QED) is 0.874. The molecule has 4 nitrogen and oxygen atoms in total. The van der Waals surface area contributed by atoms with Crippen LogP contribution in [0.2, 0.25) is 0 Å². The Morgan fingerprint density at radius 2 is 2.24 bits per heavy atom. The fraction of sp³-hybridized carbons (Fsp3) is 0.588. The highest BCUT2D eigenvalue weighted by molar-refractivity contribution is 5.79. The number of aliphatic carboxylic acids is 1. The van der Waals surface area contributed by atoms with Gasteiger partial charge in [0.1, 0.15) is 17.4 Å². The van der Waals surface area contributed by atoms with Crippen molar-refractivity contribution in [3.05, 3.63) is 29.3 Å². The first-order chi connectivity index (χ1) is 10.1. The lowest BCUT2D eigenvalue weighted by Crippen LogP contribution is -2.50. The molecule has 0 aromatic heterocycles. The first-order valence-electron chi connectivity index (χ1n) is 7.90. The number of hydrogen-bond donors (Lipinski definition) is 2. The average molecular weight is 289 g/mol. The number of benzene rings is 1. The van der Waals surface area contributed by atoms with Crippen LogP contribution in [0, 0.1) is 0 Å². The van der Waals surface area contributed by atoms with Crippen LogP contribution in [0.25, 0.3) is 0 Å². The Balaban J connectivity index is 1.68. The Morgan fingerprint density at radius 3 is 3.00 bits per heavy atom. The van der Waals surface area contributed by atoms with Gasteiger partial charge in [-0.3, -0.25) is 4.79 Å². The molecule has 21 heavy (non-hydrogen) atoms. The molecule has 0 heterocycles. The molecule has 2 aliphatic carbocycles. The van der Waals surface area contributed by atoms with Crippen molar-refractivity contribution < 1.29 is 14.6 Å². The van der Waals surface area contributed by atoms with Crippen LogP contribution in [0.5, 0.6) is 5.75 Å². The first-order valence-corrected chi connectivity index (χ1v) is 7.90. The molecular weight excluding hydrogens is 266 g/mol. The molecule has 4 heteroatoms. The highest BCUT2D eigenvalue weighted by Crippen LogP contribution is 2.34. The summed E-state index contributed by atoms with van der Waals surface area (Å²) in [7, 11) is 0. The second-order valence-corrected chi connectivity index (χ2v) is 6.18. The Labute approximate surface area is 125 Å². The third-order valence-corrected chi connectivity index (χ3v) is 4.77. The summed E-state index contributed by atoms with van der Waals surface area (Å²) in [5.74, 6) is 0.128. The van der Waals surface area contributed by atoms with Gasteiger partial charge in [0.2, 0.25) is 0 Å². The van der Waals surface area contributed by atoms with Crippen LogP contribution in [0.3, 0.4) is 0 Å². The molecule has 1 aromatic carbocycles. The van der Waals surface area contributed by atoms with Gasteiger partial charge >= 0.3 is 5.97 Å². The summed E-state index contributed by atoms with van der Waals surface area (Å²) < 4.78 is 6.05. The molecule has 2 N–H and O–H groups in total. The summed E-state index contributed by atoms with van der Waals surface area (Å²) in [5.41, 5.74) is 2.01. The van der Waals surface area contributed by atoms with E-state index in [0.29, 0.717) is 19.4 Å². The summed E-state index contributed by atoms with van der Waals surface area (Å²) in [4.78, 5) is 11.5. The van der Waals surface area contributed by atoms with Crippen LogP contribution in [0.15, 0.2) is 18.2 Å². The van der Waals surface area contributed by atoms with Crippen LogP contribution in [0.1, 0.15) is 43.7 Å². The van der Waals surface area contributed by atoms with Gasteiger partial charge in [0.05, 0.1) is 0 Å². The van der Waals surface area contributed by atoms with Crippen LogP contribution in [-0.4, -0.2) is 29.3 Å². The highest BCUT2D eigenvalue weighted by Gasteiger charge is 2.45. The number of aryl methyl sites for hydroxylation is 2.